The van der Waals surface area contributed by atoms with Gasteiger partial charge in [-0.05, 0) is 44.5 Å². The molecule has 0 saturated carbocycles. The normalized spacial score (nSPS) is 32.8. The molecule has 14 nitrogen and oxygen atoms in total. The Hall–Kier alpha value is -5.44. The lowest BCUT2D eigenvalue weighted by Gasteiger charge is -2.38. The molecule has 304 valence electrons. The van der Waals surface area contributed by atoms with Crippen molar-refractivity contribution in [2.75, 3.05) is 12.4 Å². The topological polar surface area (TPSA) is 198 Å². The van der Waals surface area contributed by atoms with Crippen molar-refractivity contribution >= 4 is 50.8 Å². The van der Waals surface area contributed by atoms with E-state index in [1.165, 1.54) is 53.7 Å². The molecule has 4 heterocycles. The maximum Gasteiger partial charge on any atom is 0.312 e. The van der Waals surface area contributed by atoms with E-state index in [-0.39, 0.29) is 49.9 Å². The van der Waals surface area contributed by atoms with Gasteiger partial charge in [0.2, 0.25) is 0 Å². The number of aryl methyl sites for hydroxylation is 1. The van der Waals surface area contributed by atoms with E-state index in [0.717, 1.165) is 17.9 Å². The van der Waals surface area contributed by atoms with Gasteiger partial charge >= 0.3 is 11.8 Å². The number of aliphatic hydroxyl groups excluding tert-OH is 2. The number of Topliss-reactive ketones (excluding diaryl/α,β-unsaturated/α-hetero) is 1. The molecule has 0 fully saturated rings. The zero-order chi connectivity index (χ0) is 46.8. The molecule has 0 unspecified atom stereocenters. The van der Waals surface area contributed by atoms with Gasteiger partial charge in [-0.3, -0.25) is 18.8 Å². The Morgan fingerprint density at radius 2 is 1.75 bits per heavy atom. The highest BCUT2D eigenvalue weighted by atomic mass is 16.7. The Morgan fingerprint density at radius 3 is 2.46 bits per heavy atom. The lowest BCUT2D eigenvalue weighted by Crippen LogP contribution is -2.46. The van der Waals surface area contributed by atoms with Crippen molar-refractivity contribution < 1.29 is 62.0 Å². The number of allylic oxidation sites excluding steroid dienone is 2. The number of aliphatic hydroxyl groups is 2. The van der Waals surface area contributed by atoms with Crippen molar-refractivity contribution in [1.29, 1.82) is 0 Å². The summed E-state index contributed by atoms with van der Waals surface area (Å²) in [6.45, 7) is 8.84. The van der Waals surface area contributed by atoms with E-state index in [1.807, 2.05) is 6.92 Å². The number of amides is 1. The first-order valence-corrected chi connectivity index (χ1v) is 18.5. The standard InChI is InChI=1S/C43H51N3O11/c1-19-14-16-46-28(18-19)44-32-29-30-37(50)25(7)40-31(29)41(52)43(9,57-40)55-17-15-27(54-10)22(4)39(56-26(8)47)24(6)36(49)23(5)35(48)20(2)12-11-13-21(3)42(53)45-33(34(32)46)38(30)51/h11-18,20,22-24,27,35-36,39,48-51H,1-10H3,(H,45,53)/b12-11+,17-15+,21-13-/t20-,22+,23+,24+,27-,35-,36+,39+,43-/m0/s1/i8D3,10D3. The van der Waals surface area contributed by atoms with Gasteiger partial charge in [-0.25, -0.2) is 4.98 Å². The highest BCUT2D eigenvalue weighted by Crippen LogP contribution is 2.54. The zero-order valence-electron chi connectivity index (χ0n) is 38.8. The molecule has 2 aromatic carbocycles. The molecule has 57 heavy (non-hydrogen) atoms. The second-order valence-corrected chi connectivity index (χ2v) is 15.3. The van der Waals surface area contributed by atoms with Gasteiger partial charge in [0.05, 0.1) is 39.6 Å². The van der Waals surface area contributed by atoms with Crippen molar-refractivity contribution in [3.8, 4) is 17.2 Å². The fourth-order valence-electron chi connectivity index (χ4n) is 7.82. The fraction of sp³-hybridized carbons (Fsp3) is 0.442. The van der Waals surface area contributed by atoms with Crippen molar-refractivity contribution in [2.24, 2.45) is 23.7 Å². The van der Waals surface area contributed by atoms with Crippen LogP contribution in [-0.2, 0) is 23.8 Å². The van der Waals surface area contributed by atoms with Gasteiger partial charge in [0, 0.05) is 71.3 Å². The maximum atomic E-state index is 14.7. The van der Waals surface area contributed by atoms with Crippen molar-refractivity contribution in [2.45, 2.75) is 92.4 Å². The number of methoxy groups -OCH3 is 1. The van der Waals surface area contributed by atoms with Crippen LogP contribution in [0.4, 0.5) is 5.69 Å². The number of fused-ring (bicyclic) bond motifs is 2. The zero-order valence-corrected chi connectivity index (χ0v) is 32.8. The summed E-state index contributed by atoms with van der Waals surface area (Å²) < 4.78 is 71.4. The number of hydrogen-bond donors (Lipinski definition) is 5. The third-order valence-corrected chi connectivity index (χ3v) is 11.3. The maximum absolute atomic E-state index is 14.7. The molecule has 1 amide bonds. The number of nitrogens with zero attached hydrogens (tertiary/aromatic N) is 2. The predicted molar refractivity (Wildman–Crippen MR) is 213 cm³/mol. The minimum Gasteiger partial charge on any atom is -0.507 e. The van der Waals surface area contributed by atoms with Crippen LogP contribution < -0.4 is 10.1 Å². The summed E-state index contributed by atoms with van der Waals surface area (Å²) in [6.07, 6.45) is 2.42. The summed E-state index contributed by atoms with van der Waals surface area (Å²) in [5.74, 6) is -10.5. The molecule has 5 N–H and O–H groups in total. The van der Waals surface area contributed by atoms with Gasteiger partial charge in [0.1, 0.15) is 40.0 Å². The van der Waals surface area contributed by atoms with Crippen LogP contribution in [0.1, 0.15) is 78.1 Å². The fourth-order valence-corrected chi connectivity index (χ4v) is 7.82. The molecule has 2 aliphatic rings. The van der Waals surface area contributed by atoms with E-state index in [2.05, 4.69) is 5.32 Å². The molecule has 2 aromatic heterocycles. The number of nitrogens with one attached hydrogen (secondary N) is 1. The first-order chi connectivity index (χ1) is 29.2. The lowest BCUT2D eigenvalue weighted by molar-refractivity contribution is -0.160. The first-order valence-electron chi connectivity index (χ1n) is 21.5. The van der Waals surface area contributed by atoms with Crippen molar-refractivity contribution in [3.63, 3.8) is 0 Å². The summed E-state index contributed by atoms with van der Waals surface area (Å²) in [6, 6.07) is 3.52. The van der Waals surface area contributed by atoms with Gasteiger partial charge < -0.3 is 44.7 Å². The lowest BCUT2D eigenvalue weighted by atomic mass is 9.78. The van der Waals surface area contributed by atoms with Crippen LogP contribution in [0.15, 0.2) is 54.5 Å². The molecule has 4 aromatic rings. The Balaban J connectivity index is 1.59. The molecular weight excluding hydrogens is 734 g/mol. The van der Waals surface area contributed by atoms with E-state index in [9.17, 15) is 34.8 Å². The van der Waals surface area contributed by atoms with E-state index >= 15 is 0 Å². The van der Waals surface area contributed by atoms with Gasteiger partial charge in [0.15, 0.2) is 5.75 Å². The average molecular weight is 792 g/mol. The number of ether oxygens (including phenoxy) is 4. The van der Waals surface area contributed by atoms with E-state index < -0.39 is 96.9 Å². The molecule has 0 radical (unpaired) electrons. The second-order valence-electron chi connectivity index (χ2n) is 15.3. The number of aromatic hydroxyl groups is 2. The van der Waals surface area contributed by atoms with E-state index in [0.29, 0.717) is 5.65 Å². The number of carbonyl (C=O) groups excluding carboxylic acids is 3. The molecule has 0 aliphatic carbocycles. The van der Waals surface area contributed by atoms with E-state index in [1.54, 1.807) is 35.7 Å². The summed E-state index contributed by atoms with van der Waals surface area (Å²) >= 11 is 0. The Morgan fingerprint density at radius 1 is 1.02 bits per heavy atom. The number of ketones is 1. The number of esters is 1. The minimum atomic E-state index is -3.25. The number of carbonyl (C=O) groups is 3. The van der Waals surface area contributed by atoms with Crippen LogP contribution in [0.3, 0.4) is 0 Å². The van der Waals surface area contributed by atoms with Crippen LogP contribution in [0, 0.1) is 37.5 Å². The largest absolute Gasteiger partial charge is 0.507 e. The number of pyridine rings is 1. The number of hydrogen-bond acceptors (Lipinski definition) is 12. The number of phenolic OH excluding ortho intramolecular Hbond substituents is 2. The molecular formula is C43H51N3O11. The van der Waals surface area contributed by atoms with Gasteiger partial charge in [0.25, 0.3) is 11.7 Å². The number of imidazole rings is 1. The molecule has 2 aliphatic heterocycles. The predicted octanol–water partition coefficient (Wildman–Crippen LogP) is 6.16. The van der Waals surface area contributed by atoms with Crippen LogP contribution in [0.5, 0.6) is 17.2 Å². The molecule has 14 heteroatoms. The highest BCUT2D eigenvalue weighted by Gasteiger charge is 2.50. The second kappa shape index (κ2) is 15.5. The number of phenols is 2. The third-order valence-electron chi connectivity index (χ3n) is 11.3. The molecule has 6 rings (SSSR count). The molecule has 4 bridgehead atoms. The number of rotatable bonds is 2. The SMILES string of the molecule is [2H]C([2H])([2H])O[C@H]1/C=C/O[C@@]2(C)Oc3c(C)c(O)c4c(O)c(c5c(nc6cc(C)ccn65)c4c3C2=O)NC(=O)/C(C)=C\C=C\[C@H](C)[C@H](O)[C@@H](C)[C@@H](O)[C@@H](C)[C@H](OC(=O)C([2H])([2H])[2H])[C@@H]1C. The number of aromatic nitrogens is 2. The average Bonchev–Trinajstić information content (AvgIpc) is 3.70. The van der Waals surface area contributed by atoms with Gasteiger partial charge in [-0.2, -0.15) is 0 Å². The van der Waals surface area contributed by atoms with Crippen molar-refractivity contribution in [3.05, 3.63) is 71.2 Å². The first kappa shape index (κ1) is 33.7. The van der Waals surface area contributed by atoms with Gasteiger partial charge in [-0.15, -0.1) is 0 Å². The molecule has 0 spiro atoms. The molecule has 9 atom stereocenters. The monoisotopic (exact) mass is 791 g/mol. The summed E-state index contributed by atoms with van der Waals surface area (Å²) in [5, 5.41) is 49.4. The van der Waals surface area contributed by atoms with E-state index in [4.69, 9.17) is 32.2 Å². The summed E-state index contributed by atoms with van der Waals surface area (Å²) in [5.41, 5.74) is 1.42. The summed E-state index contributed by atoms with van der Waals surface area (Å²) in [4.78, 5) is 46.2. The Bertz CT molecular complexity index is 2600. The summed E-state index contributed by atoms with van der Waals surface area (Å²) in [7, 11) is -3.09. The Kier molecular flexibility index (Phi) is 9.15. The third kappa shape index (κ3) is 7.10. The van der Waals surface area contributed by atoms with Crippen molar-refractivity contribution in [1.82, 2.24) is 9.38 Å². The number of benzene rings is 2. The van der Waals surface area contributed by atoms with Crippen LogP contribution in [-0.4, -0.2) is 84.7 Å². The van der Waals surface area contributed by atoms with Crippen LogP contribution in [0.25, 0.3) is 27.5 Å². The quantitative estimate of drug-likeness (QED) is 0.115. The minimum absolute atomic E-state index is 0.0172. The van der Waals surface area contributed by atoms with Crippen LogP contribution in [0.2, 0.25) is 0 Å². The van der Waals surface area contributed by atoms with Crippen LogP contribution >= 0.6 is 0 Å². The smallest absolute Gasteiger partial charge is 0.312 e. The molecule has 0 saturated heterocycles. The Labute approximate surface area is 338 Å². The number of anilines is 1. The highest BCUT2D eigenvalue weighted by molar-refractivity contribution is 6.28. The van der Waals surface area contributed by atoms with Gasteiger partial charge in [-0.1, -0.05) is 45.9 Å².